The molecule has 0 amide bonds. The summed E-state index contributed by atoms with van der Waals surface area (Å²) in [6.07, 6.45) is 0. The zero-order chi connectivity index (χ0) is 9.07. The summed E-state index contributed by atoms with van der Waals surface area (Å²) in [7, 11) is -1.76. The van der Waals surface area contributed by atoms with Crippen LogP contribution in [0.1, 0.15) is 0 Å². The van der Waals surface area contributed by atoms with Crippen molar-refractivity contribution < 1.29 is 9.22 Å². The number of carbonyl (C=O) groups is 1. The third-order valence-corrected chi connectivity index (χ3v) is 2.11. The third kappa shape index (κ3) is 5.29. The van der Waals surface area contributed by atoms with Crippen molar-refractivity contribution in [1.82, 2.24) is 0 Å². The maximum absolute atomic E-state index is 11.0. The predicted octanol–water partition coefficient (Wildman–Crippen LogP) is 0.622. The summed E-state index contributed by atoms with van der Waals surface area (Å²) < 4.78 is 5.12. The molecule has 1 unspecified atom stereocenters. The molecule has 0 saturated carbocycles. The molecule has 0 aliphatic heterocycles. The number of hydrogen-bond acceptors (Lipinski definition) is 4. The van der Waals surface area contributed by atoms with Crippen molar-refractivity contribution in [3.05, 3.63) is 0 Å². The first-order chi connectivity index (χ1) is 4.87. The van der Waals surface area contributed by atoms with Crippen molar-refractivity contribution in [3.8, 4) is 0 Å². The predicted molar refractivity (Wildman–Crippen MR) is 51.3 cm³/mol. The molecule has 0 radical (unpaired) electrons. The van der Waals surface area contributed by atoms with Crippen LogP contribution < -0.4 is 5.73 Å². The van der Waals surface area contributed by atoms with Gasteiger partial charge in [0.25, 0.3) is 0 Å². The number of rotatable bonds is 3. The smallest absolute Gasteiger partial charge is 0.310 e. The Morgan fingerprint density at radius 2 is 2.09 bits per heavy atom. The summed E-state index contributed by atoms with van der Waals surface area (Å²) >= 11 is 3.89. The van der Waals surface area contributed by atoms with Gasteiger partial charge in [-0.2, -0.15) is 12.6 Å². The van der Waals surface area contributed by atoms with Crippen molar-refractivity contribution in [3.63, 3.8) is 0 Å². The standard InChI is InChI=1S/C6H15NO2SSi/c1-11(2,3)9-6(8)5(7)4-10/h5,10H,4,7H2,1-3H3. The van der Waals surface area contributed by atoms with Crippen molar-refractivity contribution >= 4 is 26.9 Å². The van der Waals surface area contributed by atoms with E-state index in [1.807, 2.05) is 19.6 Å². The molecule has 66 valence electrons. The molecule has 0 aromatic heterocycles. The van der Waals surface area contributed by atoms with Crippen LogP contribution in [0.5, 0.6) is 0 Å². The lowest BCUT2D eigenvalue weighted by molar-refractivity contribution is -0.136. The topological polar surface area (TPSA) is 52.3 Å². The number of nitrogens with two attached hydrogens (primary N) is 1. The fourth-order valence-electron chi connectivity index (χ4n) is 0.452. The Balaban J connectivity index is 3.88. The van der Waals surface area contributed by atoms with Crippen LogP contribution in [-0.2, 0) is 9.22 Å². The molecular formula is C6H15NO2SSi. The molecule has 0 aliphatic rings. The van der Waals surface area contributed by atoms with Crippen LogP contribution >= 0.6 is 12.6 Å². The molecule has 0 bridgehead atoms. The third-order valence-electron chi connectivity index (χ3n) is 0.906. The van der Waals surface area contributed by atoms with E-state index in [1.165, 1.54) is 0 Å². The molecule has 0 aromatic carbocycles. The first kappa shape index (κ1) is 11.0. The lowest BCUT2D eigenvalue weighted by Crippen LogP contribution is -2.40. The SMILES string of the molecule is C[Si](C)(C)OC(=O)C(N)CS. The maximum atomic E-state index is 11.0. The molecule has 0 rings (SSSR count). The second-order valence-corrected chi connectivity index (χ2v) is 8.12. The zero-order valence-corrected chi connectivity index (χ0v) is 9.02. The van der Waals surface area contributed by atoms with Crippen molar-refractivity contribution in [2.75, 3.05) is 5.75 Å². The number of thiol groups is 1. The highest BCUT2D eigenvalue weighted by molar-refractivity contribution is 7.80. The fraction of sp³-hybridized carbons (Fsp3) is 0.833. The minimum absolute atomic E-state index is 0.334. The second-order valence-electron chi connectivity index (χ2n) is 3.32. The Hall–Kier alpha value is -0.00312. The second kappa shape index (κ2) is 4.13. The van der Waals surface area contributed by atoms with Gasteiger partial charge < -0.3 is 10.2 Å². The van der Waals surface area contributed by atoms with Crippen LogP contribution in [-0.4, -0.2) is 26.1 Å². The van der Waals surface area contributed by atoms with Gasteiger partial charge in [-0.05, 0) is 19.6 Å². The van der Waals surface area contributed by atoms with E-state index < -0.39 is 14.4 Å². The molecule has 0 aromatic rings. The van der Waals surface area contributed by atoms with E-state index in [9.17, 15) is 4.79 Å². The Morgan fingerprint density at radius 3 is 2.36 bits per heavy atom. The highest BCUT2D eigenvalue weighted by Gasteiger charge is 2.23. The van der Waals surface area contributed by atoms with Gasteiger partial charge in [0, 0.05) is 5.75 Å². The molecule has 11 heavy (non-hydrogen) atoms. The summed E-state index contributed by atoms with van der Waals surface area (Å²) in [5.41, 5.74) is 5.39. The highest BCUT2D eigenvalue weighted by atomic mass is 32.1. The van der Waals surface area contributed by atoms with Crippen LogP contribution in [0.15, 0.2) is 0 Å². The Labute approximate surface area is 73.8 Å². The maximum Gasteiger partial charge on any atom is 0.310 e. The van der Waals surface area contributed by atoms with Gasteiger partial charge in [-0.1, -0.05) is 0 Å². The minimum Gasteiger partial charge on any atom is -0.519 e. The van der Waals surface area contributed by atoms with Crippen LogP contribution in [0.3, 0.4) is 0 Å². The van der Waals surface area contributed by atoms with Crippen molar-refractivity contribution in [2.45, 2.75) is 25.7 Å². The van der Waals surface area contributed by atoms with Crippen LogP contribution in [0.25, 0.3) is 0 Å². The summed E-state index contributed by atoms with van der Waals surface area (Å²) in [6.45, 7) is 5.82. The van der Waals surface area contributed by atoms with Crippen LogP contribution in [0.2, 0.25) is 19.6 Å². The molecule has 1 atom stereocenters. The molecule has 0 spiro atoms. The molecule has 2 N–H and O–H groups in total. The number of hydrogen-bond donors (Lipinski definition) is 2. The molecule has 5 heteroatoms. The van der Waals surface area contributed by atoms with E-state index in [2.05, 4.69) is 12.6 Å². The summed E-state index contributed by atoms with van der Waals surface area (Å²) in [5.74, 6) is 0.00252. The fourth-order valence-corrected chi connectivity index (χ4v) is 1.36. The normalized spacial score (nSPS) is 14.3. The average Bonchev–Trinajstić information content (AvgIpc) is 1.82. The van der Waals surface area contributed by atoms with Gasteiger partial charge in [0.2, 0.25) is 8.32 Å². The van der Waals surface area contributed by atoms with E-state index in [0.29, 0.717) is 5.75 Å². The van der Waals surface area contributed by atoms with Crippen LogP contribution in [0.4, 0.5) is 0 Å². The molecule has 0 heterocycles. The molecule has 0 fully saturated rings. The lowest BCUT2D eigenvalue weighted by atomic mass is 10.4. The Kier molecular flexibility index (Phi) is 4.13. The van der Waals surface area contributed by atoms with E-state index in [0.717, 1.165) is 0 Å². The molecule has 3 nitrogen and oxygen atoms in total. The van der Waals surface area contributed by atoms with E-state index in [4.69, 9.17) is 10.2 Å². The van der Waals surface area contributed by atoms with Gasteiger partial charge in [-0.25, -0.2) is 0 Å². The molecular weight excluding hydrogens is 178 g/mol. The Morgan fingerprint density at radius 1 is 1.64 bits per heavy atom. The van der Waals surface area contributed by atoms with Gasteiger partial charge in [0.05, 0.1) is 0 Å². The molecule has 0 aliphatic carbocycles. The quantitative estimate of drug-likeness (QED) is 0.510. The number of carbonyl (C=O) groups excluding carboxylic acids is 1. The summed E-state index contributed by atoms with van der Waals surface area (Å²) in [5, 5.41) is 0. The zero-order valence-electron chi connectivity index (χ0n) is 7.13. The van der Waals surface area contributed by atoms with E-state index >= 15 is 0 Å². The van der Waals surface area contributed by atoms with Gasteiger partial charge in [0.1, 0.15) is 6.04 Å². The van der Waals surface area contributed by atoms with E-state index in [-0.39, 0.29) is 5.97 Å². The van der Waals surface area contributed by atoms with Gasteiger partial charge in [0.15, 0.2) is 0 Å². The lowest BCUT2D eigenvalue weighted by Gasteiger charge is -2.19. The highest BCUT2D eigenvalue weighted by Crippen LogP contribution is 2.04. The van der Waals surface area contributed by atoms with Crippen LogP contribution in [0, 0.1) is 0 Å². The minimum atomic E-state index is -1.76. The first-order valence-electron chi connectivity index (χ1n) is 3.46. The average molecular weight is 193 g/mol. The van der Waals surface area contributed by atoms with Crippen molar-refractivity contribution in [2.24, 2.45) is 5.73 Å². The monoisotopic (exact) mass is 193 g/mol. The summed E-state index contributed by atoms with van der Waals surface area (Å²) in [6, 6.07) is -0.579. The first-order valence-corrected chi connectivity index (χ1v) is 7.50. The van der Waals surface area contributed by atoms with Gasteiger partial charge in [-0.3, -0.25) is 4.79 Å². The van der Waals surface area contributed by atoms with Crippen molar-refractivity contribution in [1.29, 1.82) is 0 Å². The van der Waals surface area contributed by atoms with Gasteiger partial charge >= 0.3 is 5.97 Å². The summed E-state index contributed by atoms with van der Waals surface area (Å²) in [4.78, 5) is 11.0. The van der Waals surface area contributed by atoms with E-state index in [1.54, 1.807) is 0 Å². The molecule has 0 saturated heterocycles. The Bertz CT molecular complexity index is 146. The largest absolute Gasteiger partial charge is 0.519 e. The van der Waals surface area contributed by atoms with Gasteiger partial charge in [-0.15, -0.1) is 0 Å².